The second-order valence-corrected chi connectivity index (χ2v) is 5.16. The van der Waals surface area contributed by atoms with Gasteiger partial charge in [0, 0.05) is 28.5 Å². The van der Waals surface area contributed by atoms with E-state index in [0.717, 1.165) is 16.1 Å². The number of carbonyl (C=O) groups excluding carboxylic acids is 1. The van der Waals surface area contributed by atoms with Crippen LogP contribution < -0.4 is 11.1 Å². The maximum absolute atomic E-state index is 12.1. The fraction of sp³-hybridized carbons (Fsp3) is 0.0769. The summed E-state index contributed by atoms with van der Waals surface area (Å²) in [6.45, 7) is 1.85. The minimum atomic E-state index is -0.585. The lowest BCUT2D eigenvalue weighted by molar-refractivity contribution is -0.384. The Morgan fingerprint density at radius 2 is 2.14 bits per heavy atom. The molecule has 0 saturated heterocycles. The molecule has 8 heteroatoms. The first-order valence-corrected chi connectivity index (χ1v) is 6.65. The first-order valence-electron chi connectivity index (χ1n) is 5.86. The third-order valence-corrected chi connectivity index (χ3v) is 3.61. The van der Waals surface area contributed by atoms with Crippen molar-refractivity contribution in [1.29, 1.82) is 0 Å². The van der Waals surface area contributed by atoms with Crippen LogP contribution in [0.3, 0.4) is 0 Å². The molecule has 0 saturated carbocycles. The molecule has 2 rings (SSSR count). The van der Waals surface area contributed by atoms with Crippen molar-refractivity contribution in [2.75, 3.05) is 11.1 Å². The number of anilines is 2. The highest BCUT2D eigenvalue weighted by atomic mass is 79.9. The van der Waals surface area contributed by atoms with Crippen LogP contribution in [-0.4, -0.2) is 15.8 Å². The molecule has 0 atom stereocenters. The van der Waals surface area contributed by atoms with Crippen LogP contribution in [0.15, 0.2) is 34.9 Å². The maximum atomic E-state index is 12.1. The predicted molar refractivity (Wildman–Crippen MR) is 82.1 cm³/mol. The van der Waals surface area contributed by atoms with E-state index in [4.69, 9.17) is 5.73 Å². The van der Waals surface area contributed by atoms with Gasteiger partial charge in [0.15, 0.2) is 0 Å². The molecular formula is C13H11BrN4O3. The van der Waals surface area contributed by atoms with Gasteiger partial charge in [-0.3, -0.25) is 14.9 Å². The Bertz CT molecular complexity index is 733. The van der Waals surface area contributed by atoms with Crippen molar-refractivity contribution in [2.24, 2.45) is 0 Å². The molecule has 1 aromatic carbocycles. The van der Waals surface area contributed by atoms with Crippen molar-refractivity contribution >= 4 is 39.0 Å². The van der Waals surface area contributed by atoms with E-state index >= 15 is 0 Å². The van der Waals surface area contributed by atoms with Crippen molar-refractivity contribution in [2.45, 2.75) is 6.92 Å². The minimum absolute atomic E-state index is 0.0339. The quantitative estimate of drug-likeness (QED) is 0.502. The van der Waals surface area contributed by atoms with Crippen molar-refractivity contribution in [3.8, 4) is 0 Å². The summed E-state index contributed by atoms with van der Waals surface area (Å²) in [4.78, 5) is 26.3. The van der Waals surface area contributed by atoms with Crippen LogP contribution >= 0.6 is 15.9 Å². The van der Waals surface area contributed by atoms with E-state index in [2.05, 4.69) is 26.2 Å². The Kier molecular flexibility index (Phi) is 4.18. The van der Waals surface area contributed by atoms with Gasteiger partial charge in [-0.2, -0.15) is 0 Å². The summed E-state index contributed by atoms with van der Waals surface area (Å²) in [5.41, 5.74) is 6.58. The predicted octanol–water partition coefficient (Wildman–Crippen LogP) is 2.90. The first kappa shape index (κ1) is 14.9. The fourth-order valence-electron chi connectivity index (χ4n) is 1.65. The highest BCUT2D eigenvalue weighted by molar-refractivity contribution is 9.10. The van der Waals surface area contributed by atoms with Gasteiger partial charge in [0.05, 0.1) is 10.5 Å². The summed E-state index contributed by atoms with van der Waals surface area (Å²) >= 11 is 3.31. The molecule has 1 amide bonds. The molecule has 1 aromatic heterocycles. The lowest BCUT2D eigenvalue weighted by Gasteiger charge is -2.08. The summed E-state index contributed by atoms with van der Waals surface area (Å²) in [6, 6.07) is 5.38. The Balaban J connectivity index is 2.29. The molecule has 0 aliphatic carbocycles. The highest BCUT2D eigenvalue weighted by Gasteiger charge is 2.16. The maximum Gasteiger partial charge on any atom is 0.270 e. The third-order valence-electron chi connectivity index (χ3n) is 2.78. The van der Waals surface area contributed by atoms with Gasteiger partial charge < -0.3 is 11.1 Å². The number of nitro benzene ring substituents is 1. The lowest BCUT2D eigenvalue weighted by Crippen LogP contribution is -2.15. The number of nitrogens with two attached hydrogens (primary N) is 1. The molecule has 0 bridgehead atoms. The topological polar surface area (TPSA) is 111 Å². The van der Waals surface area contributed by atoms with Gasteiger partial charge in [-0.05, 0) is 40.5 Å². The number of nitrogens with one attached hydrogen (secondary N) is 1. The number of carbonyl (C=O) groups is 1. The van der Waals surface area contributed by atoms with Crippen LogP contribution in [0.1, 0.15) is 15.9 Å². The van der Waals surface area contributed by atoms with Crippen molar-refractivity contribution in [3.05, 3.63) is 56.2 Å². The van der Waals surface area contributed by atoms with E-state index in [9.17, 15) is 14.9 Å². The zero-order chi connectivity index (χ0) is 15.6. The van der Waals surface area contributed by atoms with Crippen molar-refractivity contribution in [3.63, 3.8) is 0 Å². The van der Waals surface area contributed by atoms with Gasteiger partial charge in [0.25, 0.3) is 11.6 Å². The number of hydrogen-bond donors (Lipinski definition) is 2. The standard InChI is InChI=1S/C13H11BrN4O3/c1-7-4-12(16-6-10(7)14)17-13(19)9-5-8(18(20)21)2-3-11(9)15/h2-6H,15H2,1H3,(H,16,17,19). The minimum Gasteiger partial charge on any atom is -0.398 e. The second kappa shape index (κ2) is 5.88. The number of aryl methyl sites for hydroxylation is 1. The zero-order valence-corrected chi connectivity index (χ0v) is 12.5. The summed E-state index contributed by atoms with van der Waals surface area (Å²) in [5.74, 6) is -0.211. The molecule has 2 aromatic rings. The van der Waals surface area contributed by atoms with Crippen LogP contribution in [0.25, 0.3) is 0 Å². The van der Waals surface area contributed by atoms with Gasteiger partial charge in [0.2, 0.25) is 0 Å². The molecule has 0 aliphatic rings. The number of non-ortho nitro benzene ring substituents is 1. The van der Waals surface area contributed by atoms with E-state index in [0.29, 0.717) is 5.82 Å². The fourth-order valence-corrected chi connectivity index (χ4v) is 1.86. The third kappa shape index (κ3) is 3.34. The molecule has 3 N–H and O–H groups in total. The first-order chi connectivity index (χ1) is 9.88. The number of nitrogen functional groups attached to an aromatic ring is 1. The normalized spacial score (nSPS) is 10.2. The molecule has 0 unspecified atom stereocenters. The average Bonchev–Trinajstić information content (AvgIpc) is 2.43. The van der Waals surface area contributed by atoms with Gasteiger partial charge in [-0.25, -0.2) is 4.98 Å². The second-order valence-electron chi connectivity index (χ2n) is 4.30. The molecule has 21 heavy (non-hydrogen) atoms. The number of halogens is 1. The largest absolute Gasteiger partial charge is 0.398 e. The van der Waals surface area contributed by atoms with Gasteiger partial charge in [-0.1, -0.05) is 0 Å². The number of nitro groups is 1. The molecule has 1 heterocycles. The van der Waals surface area contributed by atoms with Crippen LogP contribution in [0.5, 0.6) is 0 Å². The van der Waals surface area contributed by atoms with E-state index in [-0.39, 0.29) is 16.9 Å². The SMILES string of the molecule is Cc1cc(NC(=O)c2cc([N+](=O)[O-])ccc2N)ncc1Br. The van der Waals surface area contributed by atoms with Gasteiger partial charge >= 0.3 is 0 Å². The van der Waals surface area contributed by atoms with Crippen molar-refractivity contribution < 1.29 is 9.72 Å². The molecule has 7 nitrogen and oxygen atoms in total. The number of hydrogen-bond acceptors (Lipinski definition) is 5. The Hall–Kier alpha value is -2.48. The lowest BCUT2D eigenvalue weighted by atomic mass is 10.1. The Morgan fingerprint density at radius 1 is 1.43 bits per heavy atom. The molecule has 108 valence electrons. The van der Waals surface area contributed by atoms with E-state index < -0.39 is 10.8 Å². The summed E-state index contributed by atoms with van der Waals surface area (Å²) in [5, 5.41) is 13.3. The summed E-state index contributed by atoms with van der Waals surface area (Å²) < 4.78 is 0.815. The number of rotatable bonds is 3. The molecule has 0 spiro atoms. The molecule has 0 fully saturated rings. The van der Waals surface area contributed by atoms with E-state index in [1.54, 1.807) is 12.3 Å². The Morgan fingerprint density at radius 3 is 2.76 bits per heavy atom. The van der Waals surface area contributed by atoms with E-state index in [1.165, 1.54) is 12.1 Å². The Labute approximate surface area is 128 Å². The smallest absolute Gasteiger partial charge is 0.270 e. The van der Waals surface area contributed by atoms with Crippen LogP contribution in [0.2, 0.25) is 0 Å². The van der Waals surface area contributed by atoms with E-state index in [1.807, 2.05) is 6.92 Å². The number of amides is 1. The summed E-state index contributed by atoms with van der Waals surface area (Å²) in [6.07, 6.45) is 1.56. The molecular weight excluding hydrogens is 340 g/mol. The highest BCUT2D eigenvalue weighted by Crippen LogP contribution is 2.22. The number of nitrogens with zero attached hydrogens (tertiary/aromatic N) is 2. The van der Waals surface area contributed by atoms with Crippen molar-refractivity contribution in [1.82, 2.24) is 4.98 Å². The number of pyridine rings is 1. The van der Waals surface area contributed by atoms with Crippen LogP contribution in [0, 0.1) is 17.0 Å². The monoisotopic (exact) mass is 350 g/mol. The van der Waals surface area contributed by atoms with Crippen LogP contribution in [-0.2, 0) is 0 Å². The zero-order valence-electron chi connectivity index (χ0n) is 11.0. The average molecular weight is 351 g/mol. The van der Waals surface area contributed by atoms with Gasteiger partial charge in [0.1, 0.15) is 5.82 Å². The van der Waals surface area contributed by atoms with Gasteiger partial charge in [-0.15, -0.1) is 0 Å². The van der Waals surface area contributed by atoms with Crippen LogP contribution in [0.4, 0.5) is 17.2 Å². The number of benzene rings is 1. The molecule has 0 aliphatic heterocycles. The number of aromatic nitrogens is 1. The molecule has 0 radical (unpaired) electrons. The summed E-state index contributed by atoms with van der Waals surface area (Å²) in [7, 11) is 0.